The highest BCUT2D eigenvalue weighted by atomic mass is 35.5. The Labute approximate surface area is 261 Å². The van der Waals surface area contributed by atoms with E-state index in [-0.39, 0.29) is 18.1 Å². The second-order valence-electron chi connectivity index (χ2n) is 11.2. The van der Waals surface area contributed by atoms with E-state index in [1.807, 2.05) is 48.6 Å². The summed E-state index contributed by atoms with van der Waals surface area (Å²) in [5.74, 6) is 0.897. The number of aromatic carboxylic acids is 1. The van der Waals surface area contributed by atoms with Gasteiger partial charge in [-0.15, -0.1) is 10.2 Å². The molecule has 230 valence electrons. The van der Waals surface area contributed by atoms with Crippen molar-refractivity contribution in [2.24, 2.45) is 7.05 Å². The zero-order valence-corrected chi connectivity index (χ0v) is 25.9. The van der Waals surface area contributed by atoms with E-state index in [0.29, 0.717) is 29.6 Å². The number of benzene rings is 2. The third-order valence-electron chi connectivity index (χ3n) is 8.16. The molecular weight excluding hydrogens is 583 g/mol. The third kappa shape index (κ3) is 7.26. The van der Waals surface area contributed by atoms with E-state index in [2.05, 4.69) is 21.7 Å². The molecule has 0 saturated carbocycles. The Morgan fingerprint density at radius 2 is 1.91 bits per heavy atom. The lowest BCUT2D eigenvalue weighted by molar-refractivity contribution is 0.0697. The quantitative estimate of drug-likeness (QED) is 0.209. The van der Waals surface area contributed by atoms with Gasteiger partial charge in [-0.2, -0.15) is 0 Å². The Bertz CT molecular complexity index is 1670. The first-order valence-electron chi connectivity index (χ1n) is 14.5. The molecule has 0 amide bonds. The van der Waals surface area contributed by atoms with Gasteiger partial charge in [0.05, 0.1) is 12.1 Å². The Morgan fingerprint density at radius 1 is 1.14 bits per heavy atom. The van der Waals surface area contributed by atoms with Crippen LogP contribution in [-0.4, -0.2) is 55.4 Å². The summed E-state index contributed by atoms with van der Waals surface area (Å²) in [6.07, 6.45) is 1.82. The molecule has 1 aliphatic rings. The fourth-order valence-corrected chi connectivity index (χ4v) is 5.55. The maximum absolute atomic E-state index is 14.2. The number of hydrogen-bond acceptors (Lipinski definition) is 7. The first kappa shape index (κ1) is 31.2. The minimum absolute atomic E-state index is 0.0687. The van der Waals surface area contributed by atoms with Crippen LogP contribution in [0.4, 0.5) is 10.1 Å². The maximum Gasteiger partial charge on any atom is 0.335 e. The first-order valence-corrected chi connectivity index (χ1v) is 14.9. The van der Waals surface area contributed by atoms with Crippen LogP contribution < -0.4 is 9.64 Å². The predicted octanol–water partition coefficient (Wildman–Crippen LogP) is 6.30. The van der Waals surface area contributed by atoms with E-state index in [4.69, 9.17) is 21.3 Å². The number of aryl methyl sites for hydroxylation is 2. The molecule has 1 aliphatic heterocycles. The van der Waals surface area contributed by atoms with Gasteiger partial charge in [-0.05, 0) is 75.7 Å². The monoisotopic (exact) mass is 618 g/mol. The van der Waals surface area contributed by atoms with E-state index >= 15 is 0 Å². The Morgan fingerprint density at radius 3 is 2.59 bits per heavy atom. The van der Waals surface area contributed by atoms with Gasteiger partial charge in [0.25, 0.3) is 0 Å². The number of anilines is 1. The largest absolute Gasteiger partial charge is 0.478 e. The number of aromatic nitrogens is 4. The first-order chi connectivity index (χ1) is 21.1. The van der Waals surface area contributed by atoms with Gasteiger partial charge in [-0.3, -0.25) is 4.90 Å². The molecule has 0 bridgehead atoms. The molecule has 11 heteroatoms. The predicted molar refractivity (Wildman–Crippen MR) is 168 cm³/mol. The molecule has 0 atom stereocenters. The van der Waals surface area contributed by atoms with Crippen LogP contribution in [0.2, 0.25) is 5.02 Å². The fourth-order valence-electron chi connectivity index (χ4n) is 5.39. The van der Waals surface area contributed by atoms with E-state index in [0.717, 1.165) is 60.2 Å². The van der Waals surface area contributed by atoms with Crippen LogP contribution >= 0.6 is 11.6 Å². The summed E-state index contributed by atoms with van der Waals surface area (Å²) in [5, 5.41) is 18.5. The van der Waals surface area contributed by atoms with Crippen LogP contribution in [0, 0.1) is 19.7 Å². The van der Waals surface area contributed by atoms with Gasteiger partial charge in [0.1, 0.15) is 18.2 Å². The standard InChI is InChI=1S/C33H36ClFN6O3/c1-21-8-9-25(33(42)43)16-30(21)41(19-31-38-37-23(3)39(31)4)22(2)18-40-14-12-24(13-15-40)29-6-5-7-32(36-29)44-20-26-10-11-27(34)17-28(26)35/h5-11,16-17,24H,2,12-15,18-20H2,1,3-4H3,(H,42,43). The van der Waals surface area contributed by atoms with Crippen molar-refractivity contribution in [3.05, 3.63) is 112 Å². The molecule has 1 fully saturated rings. The molecule has 9 nitrogen and oxygen atoms in total. The van der Waals surface area contributed by atoms with Crippen molar-refractivity contribution in [2.45, 2.75) is 45.8 Å². The van der Waals surface area contributed by atoms with Gasteiger partial charge in [0, 0.05) is 53.2 Å². The van der Waals surface area contributed by atoms with Gasteiger partial charge in [0.2, 0.25) is 5.88 Å². The smallest absolute Gasteiger partial charge is 0.335 e. The molecule has 0 unspecified atom stereocenters. The number of ether oxygens (including phenoxy) is 1. The molecule has 5 rings (SSSR count). The topological polar surface area (TPSA) is 96.6 Å². The van der Waals surface area contributed by atoms with Crippen LogP contribution in [0.25, 0.3) is 0 Å². The number of carboxylic acid groups (broad SMARTS) is 1. The van der Waals surface area contributed by atoms with Crippen molar-refractivity contribution in [1.29, 1.82) is 0 Å². The number of nitrogens with zero attached hydrogens (tertiary/aromatic N) is 6. The number of rotatable bonds is 11. The molecule has 44 heavy (non-hydrogen) atoms. The molecular formula is C33H36ClFN6O3. The number of likely N-dealkylation sites (tertiary alicyclic amines) is 1. The van der Waals surface area contributed by atoms with Gasteiger partial charge >= 0.3 is 5.97 Å². The van der Waals surface area contributed by atoms with E-state index in [9.17, 15) is 14.3 Å². The molecule has 0 aliphatic carbocycles. The minimum atomic E-state index is -0.978. The normalized spacial score (nSPS) is 14.0. The molecule has 3 heterocycles. The Hall–Kier alpha value is -4.28. The second kappa shape index (κ2) is 13.6. The van der Waals surface area contributed by atoms with E-state index in [1.165, 1.54) is 6.07 Å². The van der Waals surface area contributed by atoms with E-state index in [1.54, 1.807) is 30.3 Å². The molecule has 4 aromatic rings. The molecule has 0 radical (unpaired) electrons. The third-order valence-corrected chi connectivity index (χ3v) is 8.39. The van der Waals surface area contributed by atoms with Crippen molar-refractivity contribution in [3.8, 4) is 5.88 Å². The number of hydrogen-bond donors (Lipinski definition) is 1. The summed E-state index contributed by atoms with van der Waals surface area (Å²) < 4.78 is 21.9. The summed E-state index contributed by atoms with van der Waals surface area (Å²) in [7, 11) is 1.92. The maximum atomic E-state index is 14.2. The summed E-state index contributed by atoms with van der Waals surface area (Å²) in [6, 6.07) is 15.4. The van der Waals surface area contributed by atoms with Gasteiger partial charge in [-0.25, -0.2) is 14.2 Å². The summed E-state index contributed by atoms with van der Waals surface area (Å²) in [6.45, 7) is 11.1. The van der Waals surface area contributed by atoms with Crippen molar-refractivity contribution >= 4 is 23.3 Å². The summed E-state index contributed by atoms with van der Waals surface area (Å²) in [4.78, 5) is 20.9. The SMILES string of the molecule is C=C(CN1CCC(c2cccc(OCc3ccc(Cl)cc3F)n2)CC1)N(Cc1nnc(C)n1C)c1cc(C(=O)O)ccc1C. The fraction of sp³-hybridized carbons (Fsp3) is 0.333. The number of carboxylic acids is 1. The molecule has 0 spiro atoms. The van der Waals surface area contributed by atoms with E-state index < -0.39 is 11.8 Å². The van der Waals surface area contributed by atoms with Crippen LogP contribution in [0.3, 0.4) is 0 Å². The van der Waals surface area contributed by atoms with Crippen molar-refractivity contribution in [3.63, 3.8) is 0 Å². The zero-order valence-electron chi connectivity index (χ0n) is 25.1. The molecule has 2 aromatic carbocycles. The molecule has 1 saturated heterocycles. The lowest BCUT2D eigenvalue weighted by atomic mass is 9.93. The number of piperidine rings is 1. The summed E-state index contributed by atoms with van der Waals surface area (Å²) in [5.41, 5.74) is 4.17. The molecule has 2 aromatic heterocycles. The van der Waals surface area contributed by atoms with Gasteiger partial charge in [0.15, 0.2) is 5.82 Å². The van der Waals surface area contributed by atoms with Gasteiger partial charge in [-0.1, -0.05) is 36.4 Å². The number of pyridine rings is 1. The van der Waals surface area contributed by atoms with Crippen LogP contribution in [0.15, 0.2) is 66.9 Å². The van der Waals surface area contributed by atoms with Crippen LogP contribution in [0.5, 0.6) is 5.88 Å². The van der Waals surface area contributed by atoms with Crippen LogP contribution in [-0.2, 0) is 20.2 Å². The Kier molecular flexibility index (Phi) is 9.61. The summed E-state index contributed by atoms with van der Waals surface area (Å²) >= 11 is 5.85. The number of carbonyl (C=O) groups is 1. The van der Waals surface area contributed by atoms with Crippen molar-refractivity contribution in [1.82, 2.24) is 24.6 Å². The van der Waals surface area contributed by atoms with Crippen molar-refractivity contribution in [2.75, 3.05) is 24.5 Å². The number of halogens is 2. The van der Waals surface area contributed by atoms with Crippen LogP contribution in [0.1, 0.15) is 57.6 Å². The highest BCUT2D eigenvalue weighted by molar-refractivity contribution is 6.30. The minimum Gasteiger partial charge on any atom is -0.478 e. The highest BCUT2D eigenvalue weighted by Gasteiger charge is 2.25. The highest BCUT2D eigenvalue weighted by Crippen LogP contribution is 2.31. The lowest BCUT2D eigenvalue weighted by Crippen LogP contribution is -2.38. The average molecular weight is 619 g/mol. The van der Waals surface area contributed by atoms with Gasteiger partial charge < -0.3 is 19.3 Å². The average Bonchev–Trinajstić information content (AvgIpc) is 3.32. The zero-order chi connectivity index (χ0) is 31.4. The second-order valence-corrected chi connectivity index (χ2v) is 11.6. The lowest BCUT2D eigenvalue weighted by Gasteiger charge is -2.35. The van der Waals surface area contributed by atoms with Crippen molar-refractivity contribution < 1.29 is 19.0 Å². The molecule has 1 N–H and O–H groups in total. The Balaban J connectivity index is 1.24.